The maximum Gasteiger partial charge on any atom is 0.167 e. The number of morpholine rings is 1. The summed E-state index contributed by atoms with van der Waals surface area (Å²) in [4.78, 5) is 2.20. The smallest absolute Gasteiger partial charge is 0.167 e. The molecule has 7 heteroatoms. The first kappa shape index (κ1) is 21.2. The van der Waals surface area contributed by atoms with Crippen LogP contribution in [0.15, 0.2) is 28.8 Å². The van der Waals surface area contributed by atoms with Gasteiger partial charge in [0.15, 0.2) is 17.3 Å². The molecular weight excluding hydrogens is 384 g/mol. The summed E-state index contributed by atoms with van der Waals surface area (Å²) < 4.78 is 22.9. The average Bonchev–Trinajstić information content (AvgIpc) is 3.39. The molecule has 2 fully saturated rings. The van der Waals surface area contributed by atoms with Crippen LogP contribution >= 0.6 is 0 Å². The number of benzene rings is 1. The molecule has 30 heavy (non-hydrogen) atoms. The van der Waals surface area contributed by atoms with Crippen LogP contribution in [-0.4, -0.2) is 60.2 Å². The second-order valence-corrected chi connectivity index (χ2v) is 8.50. The van der Waals surface area contributed by atoms with E-state index in [2.05, 4.69) is 23.9 Å². The first-order valence-electron chi connectivity index (χ1n) is 10.9. The van der Waals surface area contributed by atoms with Crippen molar-refractivity contribution in [3.63, 3.8) is 0 Å². The van der Waals surface area contributed by atoms with Gasteiger partial charge in [-0.05, 0) is 57.7 Å². The third kappa shape index (κ3) is 4.96. The molecule has 0 amide bonds. The molecule has 2 heterocycles. The van der Waals surface area contributed by atoms with Gasteiger partial charge in [0.05, 0.1) is 25.4 Å². The number of β-amino-alcohol motifs (C(OH)–C–C–N with tert-alkyl or cyclic N) is 1. The van der Waals surface area contributed by atoms with Crippen LogP contribution in [0.5, 0.6) is 11.5 Å². The van der Waals surface area contributed by atoms with E-state index in [0.717, 1.165) is 37.2 Å². The van der Waals surface area contributed by atoms with Gasteiger partial charge in [-0.2, -0.15) is 0 Å². The number of nitrogens with zero attached hydrogens (tertiary/aromatic N) is 2. The Hall–Kier alpha value is -2.09. The quantitative estimate of drug-likeness (QED) is 0.735. The van der Waals surface area contributed by atoms with Crippen LogP contribution in [0.2, 0.25) is 0 Å². The van der Waals surface area contributed by atoms with E-state index in [4.69, 9.17) is 18.7 Å². The molecule has 1 saturated carbocycles. The maximum absolute atomic E-state index is 10.7. The lowest BCUT2D eigenvalue weighted by Gasteiger charge is -2.35. The van der Waals surface area contributed by atoms with Crippen molar-refractivity contribution >= 4 is 0 Å². The first-order chi connectivity index (χ1) is 14.5. The van der Waals surface area contributed by atoms with Gasteiger partial charge < -0.3 is 23.8 Å². The minimum atomic E-state index is -0.740. The fraction of sp³-hybridized carbons (Fsp3) is 0.609. The monoisotopic (exact) mass is 416 g/mol. The number of aromatic nitrogens is 1. The number of aliphatic hydroxyl groups excluding tert-OH is 1. The second kappa shape index (κ2) is 9.37. The Bertz CT molecular complexity index is 823. The number of ether oxygens (including phenoxy) is 3. The molecule has 1 N–H and O–H groups in total. The number of hydrogen-bond donors (Lipinski definition) is 1. The molecule has 164 valence electrons. The van der Waals surface area contributed by atoms with E-state index in [1.54, 1.807) is 13.2 Å². The van der Waals surface area contributed by atoms with Crippen LogP contribution in [0, 0.1) is 0 Å². The number of rotatable bonds is 7. The van der Waals surface area contributed by atoms with E-state index in [0.29, 0.717) is 23.7 Å². The topological polar surface area (TPSA) is 77.2 Å². The zero-order valence-corrected chi connectivity index (χ0v) is 18.0. The summed E-state index contributed by atoms with van der Waals surface area (Å²) in [6, 6.07) is 7.57. The highest BCUT2D eigenvalue weighted by molar-refractivity contribution is 5.64. The highest BCUT2D eigenvalue weighted by atomic mass is 16.5. The van der Waals surface area contributed by atoms with Crippen LogP contribution in [-0.2, 0) is 4.74 Å². The SMILES string of the molecule is COc1ccc(-c2cc(C(O)CN3CC(C)OC(C)C3)on2)cc1OC1CCCC1. The molecule has 0 radical (unpaired) electrons. The fourth-order valence-electron chi connectivity index (χ4n) is 4.46. The normalized spacial score (nSPS) is 24.1. The maximum atomic E-state index is 10.7. The van der Waals surface area contributed by atoms with Gasteiger partial charge in [0, 0.05) is 31.3 Å². The molecule has 4 rings (SSSR count). The lowest BCUT2D eigenvalue weighted by Crippen LogP contribution is -2.46. The zero-order valence-electron chi connectivity index (χ0n) is 18.0. The summed E-state index contributed by atoms with van der Waals surface area (Å²) in [5, 5.41) is 14.9. The molecule has 1 aliphatic carbocycles. The predicted molar refractivity (Wildman–Crippen MR) is 113 cm³/mol. The van der Waals surface area contributed by atoms with Crippen molar-refractivity contribution < 1.29 is 23.8 Å². The van der Waals surface area contributed by atoms with Crippen molar-refractivity contribution in [1.29, 1.82) is 0 Å². The van der Waals surface area contributed by atoms with Crippen LogP contribution in [0.25, 0.3) is 11.3 Å². The number of hydrogen-bond acceptors (Lipinski definition) is 7. The Morgan fingerprint density at radius 3 is 2.57 bits per heavy atom. The van der Waals surface area contributed by atoms with E-state index < -0.39 is 6.10 Å². The van der Waals surface area contributed by atoms with Crippen LogP contribution in [0.4, 0.5) is 0 Å². The van der Waals surface area contributed by atoms with E-state index >= 15 is 0 Å². The third-order valence-electron chi connectivity index (χ3n) is 5.84. The van der Waals surface area contributed by atoms with Crippen molar-refractivity contribution in [3.05, 3.63) is 30.0 Å². The summed E-state index contributed by atoms with van der Waals surface area (Å²) >= 11 is 0. The molecule has 0 spiro atoms. The largest absolute Gasteiger partial charge is 0.493 e. The van der Waals surface area contributed by atoms with Gasteiger partial charge in [-0.25, -0.2) is 0 Å². The predicted octanol–water partition coefficient (Wildman–Crippen LogP) is 3.81. The molecule has 2 aliphatic rings. The van der Waals surface area contributed by atoms with Gasteiger partial charge in [0.1, 0.15) is 11.8 Å². The van der Waals surface area contributed by atoms with Gasteiger partial charge in [-0.15, -0.1) is 0 Å². The van der Waals surface area contributed by atoms with Gasteiger partial charge in [-0.1, -0.05) is 5.16 Å². The van der Waals surface area contributed by atoms with E-state index in [1.807, 2.05) is 18.2 Å². The molecule has 1 aromatic heterocycles. The van der Waals surface area contributed by atoms with Crippen molar-refractivity contribution in [1.82, 2.24) is 10.1 Å². The van der Waals surface area contributed by atoms with E-state index in [9.17, 15) is 5.11 Å². The van der Waals surface area contributed by atoms with Crippen LogP contribution < -0.4 is 9.47 Å². The molecule has 1 saturated heterocycles. The Kier molecular flexibility index (Phi) is 6.61. The highest BCUT2D eigenvalue weighted by Gasteiger charge is 2.26. The summed E-state index contributed by atoms with van der Waals surface area (Å²) in [6.07, 6.45) is 4.38. The lowest BCUT2D eigenvalue weighted by molar-refractivity contribution is -0.0781. The molecule has 0 bridgehead atoms. The minimum absolute atomic E-state index is 0.156. The average molecular weight is 417 g/mol. The van der Waals surface area contributed by atoms with E-state index in [1.165, 1.54) is 12.8 Å². The Labute approximate surface area is 177 Å². The molecular formula is C23H32N2O5. The molecule has 1 aromatic carbocycles. The summed E-state index contributed by atoms with van der Waals surface area (Å²) in [6.45, 7) is 6.18. The number of aliphatic hydroxyl groups is 1. The summed E-state index contributed by atoms with van der Waals surface area (Å²) in [7, 11) is 1.65. The van der Waals surface area contributed by atoms with Crippen LogP contribution in [0.3, 0.4) is 0 Å². The van der Waals surface area contributed by atoms with Crippen molar-refractivity contribution in [2.45, 2.75) is 63.9 Å². The van der Waals surface area contributed by atoms with Crippen LogP contribution in [0.1, 0.15) is 51.4 Å². The van der Waals surface area contributed by atoms with Crippen molar-refractivity contribution in [2.75, 3.05) is 26.7 Å². The lowest BCUT2D eigenvalue weighted by atomic mass is 10.1. The molecule has 2 aromatic rings. The Balaban J connectivity index is 1.46. The van der Waals surface area contributed by atoms with Crippen molar-refractivity contribution in [3.8, 4) is 22.8 Å². The highest BCUT2D eigenvalue weighted by Crippen LogP contribution is 2.35. The molecule has 1 aliphatic heterocycles. The van der Waals surface area contributed by atoms with Crippen molar-refractivity contribution in [2.24, 2.45) is 0 Å². The van der Waals surface area contributed by atoms with Gasteiger partial charge in [0.2, 0.25) is 0 Å². The van der Waals surface area contributed by atoms with E-state index in [-0.39, 0.29) is 18.3 Å². The first-order valence-corrected chi connectivity index (χ1v) is 10.9. The number of methoxy groups -OCH3 is 1. The Morgan fingerprint density at radius 2 is 1.87 bits per heavy atom. The minimum Gasteiger partial charge on any atom is -0.493 e. The molecule has 7 nitrogen and oxygen atoms in total. The fourth-order valence-corrected chi connectivity index (χ4v) is 4.46. The second-order valence-electron chi connectivity index (χ2n) is 8.50. The molecule has 3 unspecified atom stereocenters. The summed E-state index contributed by atoms with van der Waals surface area (Å²) in [5.74, 6) is 1.90. The van der Waals surface area contributed by atoms with Gasteiger partial charge in [-0.3, -0.25) is 4.90 Å². The standard InChI is InChI=1S/C23H32N2O5/c1-15-12-25(13-16(2)28-15)14-20(26)22-11-19(24-30-22)17-8-9-21(27-3)23(10-17)29-18-6-4-5-7-18/h8-11,15-16,18,20,26H,4-7,12-14H2,1-3H3. The third-order valence-corrected chi connectivity index (χ3v) is 5.84. The van der Waals surface area contributed by atoms with Gasteiger partial charge in [0.25, 0.3) is 0 Å². The Morgan fingerprint density at radius 1 is 1.13 bits per heavy atom. The summed E-state index contributed by atoms with van der Waals surface area (Å²) in [5.41, 5.74) is 1.55. The molecule has 3 atom stereocenters. The zero-order chi connectivity index (χ0) is 21.1. The van der Waals surface area contributed by atoms with Gasteiger partial charge >= 0.3 is 0 Å².